The number of aromatic nitrogens is 2. The molecule has 0 saturated heterocycles. The fourth-order valence-corrected chi connectivity index (χ4v) is 0.781. The third kappa shape index (κ3) is 1.18. The first-order valence-electron chi connectivity index (χ1n) is 3.28. The molecule has 54 valence electrons. The van der Waals surface area contributed by atoms with Crippen molar-refractivity contribution in [2.24, 2.45) is 0 Å². The number of hydrogen-bond donors (Lipinski definition) is 1. The van der Waals surface area contributed by atoms with Crippen molar-refractivity contribution in [3.05, 3.63) is 18.8 Å². The van der Waals surface area contributed by atoms with Crippen LogP contribution < -0.4 is 5.32 Å². The Labute approximate surface area is 60.4 Å². The molecule has 0 radical (unpaired) electrons. The monoisotopic (exact) mass is 137 g/mol. The normalized spacial score (nSPS) is 9.30. The Morgan fingerprint density at radius 2 is 2.70 bits per heavy atom. The first-order chi connectivity index (χ1) is 4.88. The number of anilines is 1. The Kier molecular flexibility index (Phi) is 2.10. The molecule has 0 saturated carbocycles. The van der Waals surface area contributed by atoms with Gasteiger partial charge in [0.15, 0.2) is 0 Å². The van der Waals surface area contributed by atoms with Crippen LogP contribution in [0.15, 0.2) is 18.8 Å². The van der Waals surface area contributed by atoms with Gasteiger partial charge in [-0.2, -0.15) is 5.10 Å². The smallest absolute Gasteiger partial charge is 0.128 e. The van der Waals surface area contributed by atoms with Crippen LogP contribution in [0.2, 0.25) is 0 Å². The van der Waals surface area contributed by atoms with Crippen LogP contribution in [0.5, 0.6) is 0 Å². The summed E-state index contributed by atoms with van der Waals surface area (Å²) >= 11 is 0. The van der Waals surface area contributed by atoms with Gasteiger partial charge in [0.2, 0.25) is 0 Å². The minimum absolute atomic E-state index is 0.902. The average Bonchev–Trinajstić information content (AvgIpc) is 2.36. The van der Waals surface area contributed by atoms with Gasteiger partial charge in [0.25, 0.3) is 0 Å². The number of nitrogens with one attached hydrogen (secondary N) is 1. The molecule has 1 rings (SSSR count). The highest BCUT2D eigenvalue weighted by Gasteiger charge is 1.93. The van der Waals surface area contributed by atoms with Gasteiger partial charge in [-0.05, 0) is 6.92 Å². The lowest BCUT2D eigenvalue weighted by atomic mass is 10.6. The molecule has 0 aromatic carbocycles. The van der Waals surface area contributed by atoms with Crippen molar-refractivity contribution in [2.45, 2.75) is 6.92 Å². The average molecular weight is 137 g/mol. The molecule has 0 aliphatic rings. The molecule has 0 fully saturated rings. The Bertz CT molecular complexity index is 214. The molecule has 1 aromatic rings. The quantitative estimate of drug-likeness (QED) is 0.682. The van der Waals surface area contributed by atoms with Crippen LogP contribution in [-0.2, 0) is 0 Å². The van der Waals surface area contributed by atoms with E-state index in [1.54, 1.807) is 17.1 Å². The molecular weight excluding hydrogens is 126 g/mol. The van der Waals surface area contributed by atoms with Crippen LogP contribution in [-0.4, -0.2) is 16.3 Å². The van der Waals surface area contributed by atoms with E-state index < -0.39 is 0 Å². The van der Waals surface area contributed by atoms with Gasteiger partial charge in [-0.3, -0.25) is 0 Å². The predicted octanol–water partition coefficient (Wildman–Crippen LogP) is 1.42. The van der Waals surface area contributed by atoms with E-state index in [2.05, 4.69) is 17.0 Å². The van der Waals surface area contributed by atoms with Crippen LogP contribution in [0.4, 0.5) is 5.82 Å². The number of nitrogens with zero attached hydrogens (tertiary/aromatic N) is 2. The summed E-state index contributed by atoms with van der Waals surface area (Å²) in [5, 5.41) is 7.13. The molecule has 0 aliphatic carbocycles. The highest BCUT2D eigenvalue weighted by atomic mass is 15.3. The second kappa shape index (κ2) is 3.06. The van der Waals surface area contributed by atoms with Crippen LogP contribution in [0, 0.1) is 0 Å². The van der Waals surface area contributed by atoms with E-state index in [0.717, 1.165) is 12.4 Å². The highest BCUT2D eigenvalue weighted by Crippen LogP contribution is 2.04. The lowest BCUT2D eigenvalue weighted by Crippen LogP contribution is -2.01. The van der Waals surface area contributed by atoms with Crippen molar-refractivity contribution in [2.75, 3.05) is 11.9 Å². The molecule has 1 aromatic heterocycles. The maximum Gasteiger partial charge on any atom is 0.128 e. The molecular formula is C7H11N3. The topological polar surface area (TPSA) is 29.9 Å². The van der Waals surface area contributed by atoms with Crippen molar-refractivity contribution < 1.29 is 0 Å². The van der Waals surface area contributed by atoms with E-state index in [4.69, 9.17) is 0 Å². The molecule has 0 atom stereocenters. The van der Waals surface area contributed by atoms with Crippen molar-refractivity contribution in [3.63, 3.8) is 0 Å². The van der Waals surface area contributed by atoms with E-state index in [1.807, 2.05) is 13.0 Å². The van der Waals surface area contributed by atoms with Gasteiger partial charge in [0.05, 0.1) is 6.20 Å². The summed E-state index contributed by atoms with van der Waals surface area (Å²) in [7, 11) is 0. The van der Waals surface area contributed by atoms with Gasteiger partial charge in [0, 0.05) is 18.8 Å². The van der Waals surface area contributed by atoms with E-state index in [1.165, 1.54) is 0 Å². The molecule has 0 aliphatic heterocycles. The molecule has 3 heteroatoms. The second-order valence-corrected chi connectivity index (χ2v) is 1.87. The van der Waals surface area contributed by atoms with E-state index in [-0.39, 0.29) is 0 Å². The van der Waals surface area contributed by atoms with Crippen molar-refractivity contribution in [3.8, 4) is 0 Å². The Morgan fingerprint density at radius 1 is 1.90 bits per heavy atom. The summed E-state index contributed by atoms with van der Waals surface area (Å²) in [6, 6.07) is 1.91. The van der Waals surface area contributed by atoms with Gasteiger partial charge in [-0.25, -0.2) is 4.68 Å². The molecule has 0 amide bonds. The largest absolute Gasteiger partial charge is 0.370 e. The van der Waals surface area contributed by atoms with Crippen LogP contribution in [0.25, 0.3) is 6.20 Å². The lowest BCUT2D eigenvalue weighted by Gasteiger charge is -2.01. The van der Waals surface area contributed by atoms with Crippen molar-refractivity contribution >= 4 is 12.0 Å². The zero-order chi connectivity index (χ0) is 7.40. The summed E-state index contributed by atoms with van der Waals surface area (Å²) in [5.74, 6) is 0.984. The van der Waals surface area contributed by atoms with E-state index in [0.29, 0.717) is 0 Å². The molecule has 1 heterocycles. The Balaban J connectivity index is 2.79. The van der Waals surface area contributed by atoms with Gasteiger partial charge >= 0.3 is 0 Å². The SMILES string of the molecule is C=Cn1nccc1NCC. The second-order valence-electron chi connectivity index (χ2n) is 1.87. The van der Waals surface area contributed by atoms with Crippen molar-refractivity contribution in [1.29, 1.82) is 0 Å². The number of rotatable bonds is 3. The van der Waals surface area contributed by atoms with Gasteiger partial charge in [0.1, 0.15) is 5.82 Å². The first-order valence-corrected chi connectivity index (χ1v) is 3.28. The van der Waals surface area contributed by atoms with Crippen LogP contribution in [0.3, 0.4) is 0 Å². The summed E-state index contributed by atoms with van der Waals surface area (Å²) in [4.78, 5) is 0. The maximum absolute atomic E-state index is 3.99. The third-order valence-electron chi connectivity index (χ3n) is 1.20. The summed E-state index contributed by atoms with van der Waals surface area (Å²) in [6.45, 7) is 6.55. The standard InChI is InChI=1S/C7H11N3/c1-3-8-7-5-6-9-10(7)4-2/h4-6,8H,2-3H2,1H3. The molecule has 0 spiro atoms. The lowest BCUT2D eigenvalue weighted by molar-refractivity contribution is 0.931. The molecule has 0 bridgehead atoms. The number of hydrogen-bond acceptors (Lipinski definition) is 2. The van der Waals surface area contributed by atoms with Gasteiger partial charge in [-0.15, -0.1) is 0 Å². The van der Waals surface area contributed by atoms with Gasteiger partial charge in [-0.1, -0.05) is 6.58 Å². The maximum atomic E-state index is 3.99. The summed E-state index contributed by atoms with van der Waals surface area (Å²) in [6.07, 6.45) is 3.40. The fourth-order valence-electron chi connectivity index (χ4n) is 0.781. The van der Waals surface area contributed by atoms with Gasteiger partial charge < -0.3 is 5.32 Å². The van der Waals surface area contributed by atoms with E-state index in [9.17, 15) is 0 Å². The Morgan fingerprint density at radius 3 is 3.30 bits per heavy atom. The minimum atomic E-state index is 0.902. The minimum Gasteiger partial charge on any atom is -0.370 e. The third-order valence-corrected chi connectivity index (χ3v) is 1.20. The fraction of sp³-hybridized carbons (Fsp3) is 0.286. The molecule has 10 heavy (non-hydrogen) atoms. The molecule has 0 unspecified atom stereocenters. The van der Waals surface area contributed by atoms with Crippen LogP contribution >= 0.6 is 0 Å². The van der Waals surface area contributed by atoms with Crippen LogP contribution in [0.1, 0.15) is 6.92 Å². The molecule has 1 N–H and O–H groups in total. The summed E-state index contributed by atoms with van der Waals surface area (Å²) in [5.41, 5.74) is 0. The first kappa shape index (κ1) is 6.86. The predicted molar refractivity (Wildman–Crippen MR) is 42.8 cm³/mol. The zero-order valence-corrected chi connectivity index (χ0v) is 6.04. The summed E-state index contributed by atoms with van der Waals surface area (Å²) < 4.78 is 1.70. The Hall–Kier alpha value is -1.25. The zero-order valence-electron chi connectivity index (χ0n) is 6.04. The highest BCUT2D eigenvalue weighted by molar-refractivity contribution is 5.40. The van der Waals surface area contributed by atoms with E-state index >= 15 is 0 Å². The van der Waals surface area contributed by atoms with Crippen molar-refractivity contribution in [1.82, 2.24) is 9.78 Å². The molecule has 3 nitrogen and oxygen atoms in total.